The average Bonchev–Trinajstić information content (AvgIpc) is 3.09. The number of carbonyl (C=O) groups excluding carboxylic acids is 1. The summed E-state index contributed by atoms with van der Waals surface area (Å²) in [5.74, 6) is 1.48. The van der Waals surface area contributed by atoms with E-state index in [1.54, 1.807) is 19.1 Å². The first-order chi connectivity index (χ1) is 11.5. The highest BCUT2D eigenvalue weighted by molar-refractivity contribution is 5.91. The summed E-state index contributed by atoms with van der Waals surface area (Å²) in [5.41, 5.74) is 6.62. The Morgan fingerprint density at radius 2 is 1.88 bits per heavy atom. The first kappa shape index (κ1) is 17.6. The van der Waals surface area contributed by atoms with E-state index < -0.39 is 0 Å². The number of methoxy groups -OCH3 is 3. The molecule has 130 valence electrons. The van der Waals surface area contributed by atoms with Crippen molar-refractivity contribution in [2.45, 2.75) is 19.5 Å². The molecule has 0 fully saturated rings. The van der Waals surface area contributed by atoms with Crippen molar-refractivity contribution in [1.82, 2.24) is 10.3 Å². The third kappa shape index (κ3) is 3.77. The zero-order chi connectivity index (χ0) is 17.7. The van der Waals surface area contributed by atoms with Crippen LogP contribution >= 0.6 is 0 Å². The van der Waals surface area contributed by atoms with Crippen LogP contribution in [-0.4, -0.2) is 32.2 Å². The summed E-state index contributed by atoms with van der Waals surface area (Å²) in [6.07, 6.45) is 1.28. The van der Waals surface area contributed by atoms with Crippen LogP contribution in [0.3, 0.4) is 0 Å². The van der Waals surface area contributed by atoms with Gasteiger partial charge in [-0.05, 0) is 24.6 Å². The summed E-state index contributed by atoms with van der Waals surface area (Å²) in [5, 5.41) is 2.75. The second-order valence-electron chi connectivity index (χ2n) is 5.08. The Bertz CT molecular complexity index is 686. The Morgan fingerprint density at radius 3 is 2.33 bits per heavy atom. The molecular formula is C16H21N3O5. The van der Waals surface area contributed by atoms with E-state index in [0.717, 1.165) is 5.56 Å². The van der Waals surface area contributed by atoms with Crippen LogP contribution in [0.2, 0.25) is 0 Å². The minimum absolute atomic E-state index is 0.176. The zero-order valence-corrected chi connectivity index (χ0v) is 14.1. The molecule has 1 atom stereocenters. The van der Waals surface area contributed by atoms with Crippen molar-refractivity contribution in [3.8, 4) is 17.2 Å². The van der Waals surface area contributed by atoms with Crippen molar-refractivity contribution < 1.29 is 23.4 Å². The van der Waals surface area contributed by atoms with Crippen LogP contribution in [0.4, 0.5) is 0 Å². The summed E-state index contributed by atoms with van der Waals surface area (Å²) in [4.78, 5) is 16.2. The van der Waals surface area contributed by atoms with Crippen LogP contribution in [0.5, 0.6) is 17.2 Å². The van der Waals surface area contributed by atoms with Gasteiger partial charge in [-0.15, -0.1) is 0 Å². The standard InChI is InChI=1S/C16H21N3O5/c1-9(17)16-19-11(8-24-16)15(20)18-7-10-5-12(21-2)14(23-4)13(6-10)22-3/h5-6,8-9H,7,17H2,1-4H3,(H,18,20). The number of rotatable bonds is 7. The van der Waals surface area contributed by atoms with Gasteiger partial charge in [0, 0.05) is 6.54 Å². The van der Waals surface area contributed by atoms with Gasteiger partial charge in [-0.25, -0.2) is 4.98 Å². The lowest BCUT2D eigenvalue weighted by Gasteiger charge is -2.14. The Labute approximate surface area is 139 Å². The van der Waals surface area contributed by atoms with E-state index in [1.165, 1.54) is 27.6 Å². The number of hydrogen-bond acceptors (Lipinski definition) is 7. The molecule has 0 spiro atoms. The van der Waals surface area contributed by atoms with Crippen LogP contribution in [-0.2, 0) is 6.54 Å². The van der Waals surface area contributed by atoms with E-state index in [-0.39, 0.29) is 24.2 Å². The van der Waals surface area contributed by atoms with Crippen LogP contribution in [0.25, 0.3) is 0 Å². The Kier molecular flexibility index (Phi) is 5.64. The number of ether oxygens (including phenoxy) is 3. The lowest BCUT2D eigenvalue weighted by Crippen LogP contribution is -2.23. The van der Waals surface area contributed by atoms with Gasteiger partial charge in [0.05, 0.1) is 27.4 Å². The molecule has 0 aliphatic heterocycles. The van der Waals surface area contributed by atoms with E-state index in [0.29, 0.717) is 23.1 Å². The zero-order valence-electron chi connectivity index (χ0n) is 14.1. The quantitative estimate of drug-likeness (QED) is 0.792. The van der Waals surface area contributed by atoms with E-state index in [1.807, 2.05) is 0 Å². The molecule has 8 nitrogen and oxygen atoms in total. The number of hydrogen-bond donors (Lipinski definition) is 2. The van der Waals surface area contributed by atoms with Gasteiger partial charge in [0.2, 0.25) is 11.6 Å². The summed E-state index contributed by atoms with van der Waals surface area (Å²) in [6, 6.07) is 3.15. The number of nitrogens with zero attached hydrogens (tertiary/aromatic N) is 1. The molecule has 0 saturated carbocycles. The predicted octanol–water partition coefficient (Wildman–Crippen LogP) is 1.65. The normalized spacial score (nSPS) is 11.7. The third-order valence-electron chi connectivity index (χ3n) is 3.32. The number of carbonyl (C=O) groups is 1. The average molecular weight is 335 g/mol. The molecule has 1 unspecified atom stereocenters. The number of amides is 1. The van der Waals surface area contributed by atoms with Gasteiger partial charge in [0.15, 0.2) is 17.2 Å². The van der Waals surface area contributed by atoms with Gasteiger partial charge in [0.25, 0.3) is 5.91 Å². The van der Waals surface area contributed by atoms with Crippen LogP contribution in [0.1, 0.15) is 34.9 Å². The highest BCUT2D eigenvalue weighted by Crippen LogP contribution is 2.38. The molecule has 0 saturated heterocycles. The van der Waals surface area contributed by atoms with Crippen molar-refractivity contribution >= 4 is 5.91 Å². The van der Waals surface area contributed by atoms with Gasteiger partial charge >= 0.3 is 0 Å². The maximum Gasteiger partial charge on any atom is 0.273 e. The lowest BCUT2D eigenvalue weighted by atomic mass is 10.1. The van der Waals surface area contributed by atoms with E-state index in [2.05, 4.69) is 10.3 Å². The SMILES string of the molecule is COc1cc(CNC(=O)c2coc(C(C)N)n2)cc(OC)c1OC. The van der Waals surface area contributed by atoms with Gasteiger partial charge in [-0.2, -0.15) is 0 Å². The molecule has 24 heavy (non-hydrogen) atoms. The van der Waals surface area contributed by atoms with Crippen molar-refractivity contribution in [2.24, 2.45) is 5.73 Å². The topological polar surface area (TPSA) is 109 Å². The molecule has 2 rings (SSSR count). The first-order valence-corrected chi connectivity index (χ1v) is 7.28. The van der Waals surface area contributed by atoms with E-state index in [9.17, 15) is 4.79 Å². The maximum atomic E-state index is 12.1. The Hall–Kier alpha value is -2.74. The molecule has 0 radical (unpaired) electrons. The molecule has 0 aliphatic carbocycles. The van der Waals surface area contributed by atoms with Crippen LogP contribution < -0.4 is 25.3 Å². The van der Waals surface area contributed by atoms with Crippen LogP contribution in [0.15, 0.2) is 22.8 Å². The Balaban J connectivity index is 2.11. The van der Waals surface area contributed by atoms with Crippen molar-refractivity contribution in [1.29, 1.82) is 0 Å². The number of aromatic nitrogens is 1. The molecule has 1 aromatic carbocycles. The molecule has 3 N–H and O–H groups in total. The summed E-state index contributed by atoms with van der Waals surface area (Å²) in [6.45, 7) is 1.99. The largest absolute Gasteiger partial charge is 0.493 e. The minimum Gasteiger partial charge on any atom is -0.493 e. The fraction of sp³-hybridized carbons (Fsp3) is 0.375. The Morgan fingerprint density at radius 1 is 1.25 bits per heavy atom. The maximum absolute atomic E-state index is 12.1. The summed E-state index contributed by atoms with van der Waals surface area (Å²) >= 11 is 0. The molecule has 0 bridgehead atoms. The molecule has 1 amide bonds. The molecule has 8 heteroatoms. The monoisotopic (exact) mass is 335 g/mol. The fourth-order valence-electron chi connectivity index (χ4n) is 2.11. The van der Waals surface area contributed by atoms with Crippen molar-refractivity contribution in [2.75, 3.05) is 21.3 Å². The molecule has 1 heterocycles. The van der Waals surface area contributed by atoms with Crippen molar-refractivity contribution in [3.05, 3.63) is 35.5 Å². The first-order valence-electron chi connectivity index (χ1n) is 7.28. The van der Waals surface area contributed by atoms with Gasteiger partial charge in [-0.1, -0.05) is 0 Å². The molecule has 0 aliphatic rings. The highest BCUT2D eigenvalue weighted by atomic mass is 16.5. The highest BCUT2D eigenvalue weighted by Gasteiger charge is 2.16. The minimum atomic E-state index is -0.373. The van der Waals surface area contributed by atoms with Gasteiger partial charge < -0.3 is 29.7 Å². The summed E-state index contributed by atoms with van der Waals surface area (Å²) in [7, 11) is 4.59. The second-order valence-corrected chi connectivity index (χ2v) is 5.08. The van der Waals surface area contributed by atoms with E-state index >= 15 is 0 Å². The smallest absolute Gasteiger partial charge is 0.273 e. The summed E-state index contributed by atoms with van der Waals surface area (Å²) < 4.78 is 21.0. The van der Waals surface area contributed by atoms with E-state index in [4.69, 9.17) is 24.4 Å². The third-order valence-corrected chi connectivity index (χ3v) is 3.32. The van der Waals surface area contributed by atoms with Crippen molar-refractivity contribution in [3.63, 3.8) is 0 Å². The number of benzene rings is 1. The number of nitrogens with one attached hydrogen (secondary N) is 1. The predicted molar refractivity (Wildman–Crippen MR) is 86.4 cm³/mol. The lowest BCUT2D eigenvalue weighted by molar-refractivity contribution is 0.0945. The van der Waals surface area contributed by atoms with Gasteiger partial charge in [-0.3, -0.25) is 4.79 Å². The number of nitrogens with two attached hydrogens (primary N) is 1. The second kappa shape index (κ2) is 7.69. The fourth-order valence-corrected chi connectivity index (χ4v) is 2.11. The number of oxazole rings is 1. The molecule has 1 aromatic heterocycles. The van der Waals surface area contributed by atoms with Gasteiger partial charge in [0.1, 0.15) is 6.26 Å². The molecular weight excluding hydrogens is 314 g/mol. The molecule has 2 aromatic rings. The van der Waals surface area contributed by atoms with Crippen LogP contribution in [0, 0.1) is 0 Å².